The van der Waals surface area contributed by atoms with Crippen LogP contribution in [0.3, 0.4) is 0 Å². The van der Waals surface area contributed by atoms with Gasteiger partial charge in [-0.25, -0.2) is 0 Å². The lowest BCUT2D eigenvalue weighted by molar-refractivity contribution is -0.164. The van der Waals surface area contributed by atoms with Gasteiger partial charge in [0.2, 0.25) is 0 Å². The van der Waals surface area contributed by atoms with Crippen LogP contribution < -0.4 is 0 Å². The Morgan fingerprint density at radius 2 is 1.81 bits per heavy atom. The minimum absolute atomic E-state index is 0.00212. The number of aliphatic hydroxyl groups is 4. The van der Waals surface area contributed by atoms with Crippen molar-refractivity contribution in [2.24, 2.45) is 28.6 Å². The highest BCUT2D eigenvalue weighted by molar-refractivity contribution is 5.95. The number of rotatable bonds is 2. The predicted octanol–water partition coefficient (Wildman–Crippen LogP) is 2.79. The van der Waals surface area contributed by atoms with Gasteiger partial charge in [-0.15, -0.1) is 0 Å². The Hall–Kier alpha value is -1.09. The second-order valence-corrected chi connectivity index (χ2v) is 13.4. The molecule has 3 unspecified atom stereocenters. The van der Waals surface area contributed by atoms with Gasteiger partial charge in [-0.3, -0.25) is 4.79 Å². The molecule has 0 spiro atoms. The third-order valence-electron chi connectivity index (χ3n) is 11.9. The molecule has 2 heterocycles. The molecule has 36 heavy (non-hydrogen) atoms. The van der Waals surface area contributed by atoms with Crippen LogP contribution in [0.5, 0.6) is 0 Å². The summed E-state index contributed by atoms with van der Waals surface area (Å²) in [6.45, 7) is 10.1. The van der Waals surface area contributed by atoms with Crippen LogP contribution in [-0.2, 0) is 14.3 Å². The Morgan fingerprint density at radius 1 is 1.08 bits per heavy atom. The van der Waals surface area contributed by atoms with Gasteiger partial charge in [0.25, 0.3) is 0 Å². The first-order valence-corrected chi connectivity index (χ1v) is 13.8. The molecular formula is C29H42O7. The molecule has 2 aliphatic heterocycles. The molecule has 6 aliphatic rings. The minimum atomic E-state index is -1.14. The van der Waals surface area contributed by atoms with E-state index in [1.54, 1.807) is 13.0 Å². The summed E-state index contributed by atoms with van der Waals surface area (Å²) in [5.41, 5.74) is 0.0327. The molecule has 7 heteroatoms. The van der Waals surface area contributed by atoms with Gasteiger partial charge in [0.1, 0.15) is 0 Å². The largest absolute Gasteiger partial charge is 0.390 e. The van der Waals surface area contributed by atoms with E-state index in [1.165, 1.54) is 0 Å². The van der Waals surface area contributed by atoms with E-state index in [1.807, 2.05) is 6.92 Å². The van der Waals surface area contributed by atoms with Crippen molar-refractivity contribution in [3.05, 3.63) is 22.8 Å². The van der Waals surface area contributed by atoms with E-state index in [4.69, 9.17) is 9.47 Å². The van der Waals surface area contributed by atoms with Crippen molar-refractivity contribution in [1.29, 1.82) is 0 Å². The molecule has 0 aromatic rings. The summed E-state index contributed by atoms with van der Waals surface area (Å²) in [6, 6.07) is 0. The van der Waals surface area contributed by atoms with Gasteiger partial charge in [-0.05, 0) is 99.3 Å². The standard InChI is InChI=1S/C29H42O7/c1-14-16(15(2)30)10-24-28(5,36-25(14)35-24)23-7-9-29(34)18-11-20(31)19-12-21(32)22(33)13-26(19,3)17(18)6-8-27(23,29)4/h11,15,17,19,21-25,30,32-34H,6-10,12-13H2,1-5H3/t15?,17?,19-,21+,22-,23-,24?,25+,26+,27+,28+,29+/m0/s1. The minimum Gasteiger partial charge on any atom is -0.390 e. The van der Waals surface area contributed by atoms with E-state index in [9.17, 15) is 25.2 Å². The molecule has 1 saturated heterocycles. The summed E-state index contributed by atoms with van der Waals surface area (Å²) in [5, 5.41) is 43.7. The van der Waals surface area contributed by atoms with E-state index >= 15 is 0 Å². The predicted molar refractivity (Wildman–Crippen MR) is 132 cm³/mol. The molecule has 0 radical (unpaired) electrons. The smallest absolute Gasteiger partial charge is 0.181 e. The van der Waals surface area contributed by atoms with E-state index in [-0.39, 0.29) is 36.1 Å². The molecule has 0 aromatic carbocycles. The van der Waals surface area contributed by atoms with Gasteiger partial charge in [0, 0.05) is 17.8 Å². The van der Waals surface area contributed by atoms with E-state index < -0.39 is 46.6 Å². The molecule has 200 valence electrons. The molecule has 4 N–H and O–H groups in total. The normalized spacial score (nSPS) is 55.1. The fourth-order valence-corrected chi connectivity index (χ4v) is 9.67. The summed E-state index contributed by atoms with van der Waals surface area (Å²) in [7, 11) is 0. The van der Waals surface area contributed by atoms with Crippen molar-refractivity contribution in [2.75, 3.05) is 0 Å². The quantitative estimate of drug-likeness (QED) is 0.429. The molecule has 2 bridgehead atoms. The third-order valence-corrected chi connectivity index (χ3v) is 11.9. The van der Waals surface area contributed by atoms with Crippen molar-refractivity contribution in [2.45, 2.75) is 121 Å². The average molecular weight is 503 g/mol. The Morgan fingerprint density at radius 3 is 2.50 bits per heavy atom. The molecule has 4 aliphatic carbocycles. The maximum atomic E-state index is 13.4. The second kappa shape index (κ2) is 7.73. The fraction of sp³-hybridized carbons (Fsp3) is 0.828. The van der Waals surface area contributed by atoms with E-state index in [2.05, 4.69) is 20.8 Å². The highest BCUT2D eigenvalue weighted by Gasteiger charge is 2.71. The summed E-state index contributed by atoms with van der Waals surface area (Å²) in [6.07, 6.45) is 2.95. The SMILES string of the molecule is CC1=C(C(C)O)CC2O[C@@H]1O[C@]2(C)[C@H]1CC[C@@]2(O)C3=CC(=O)[C@@H]4C[C@@H](O)[C@@H](O)C[C@]4(C)C3CC[C@]12C. The molecule has 6 rings (SSSR count). The maximum Gasteiger partial charge on any atom is 0.181 e. The lowest BCUT2D eigenvalue weighted by Crippen LogP contribution is -2.62. The van der Waals surface area contributed by atoms with Gasteiger partial charge < -0.3 is 29.9 Å². The zero-order valence-electron chi connectivity index (χ0n) is 22.2. The van der Waals surface area contributed by atoms with E-state index in [0.29, 0.717) is 19.3 Å². The Kier molecular flexibility index (Phi) is 5.41. The molecule has 0 aromatic heterocycles. The first-order chi connectivity index (χ1) is 16.8. The van der Waals surface area contributed by atoms with Gasteiger partial charge in [-0.1, -0.05) is 13.8 Å². The summed E-state index contributed by atoms with van der Waals surface area (Å²) >= 11 is 0. The van der Waals surface area contributed by atoms with Crippen molar-refractivity contribution in [3.8, 4) is 0 Å². The van der Waals surface area contributed by atoms with Crippen molar-refractivity contribution in [1.82, 2.24) is 0 Å². The number of ether oxygens (including phenoxy) is 2. The number of hydrogen-bond acceptors (Lipinski definition) is 7. The molecule has 7 nitrogen and oxygen atoms in total. The van der Waals surface area contributed by atoms with Crippen molar-refractivity contribution < 1.29 is 34.7 Å². The monoisotopic (exact) mass is 502 g/mol. The van der Waals surface area contributed by atoms with E-state index in [0.717, 1.165) is 36.0 Å². The van der Waals surface area contributed by atoms with Crippen LogP contribution in [0.2, 0.25) is 0 Å². The molecule has 4 fully saturated rings. The average Bonchev–Trinajstić information content (AvgIpc) is 3.24. The molecule has 12 atom stereocenters. The number of fused-ring (bicyclic) bond motifs is 7. The van der Waals surface area contributed by atoms with Crippen molar-refractivity contribution >= 4 is 5.78 Å². The zero-order chi connectivity index (χ0) is 26.0. The first kappa shape index (κ1) is 25.2. The number of aliphatic hydroxyl groups excluding tert-OH is 3. The molecular weight excluding hydrogens is 460 g/mol. The third kappa shape index (κ3) is 2.99. The molecule has 0 amide bonds. The Balaban J connectivity index is 1.36. The molecule has 3 saturated carbocycles. The van der Waals surface area contributed by atoms with Gasteiger partial charge in [0.05, 0.1) is 35.6 Å². The maximum absolute atomic E-state index is 13.4. The first-order valence-electron chi connectivity index (χ1n) is 13.8. The Bertz CT molecular complexity index is 1050. The van der Waals surface area contributed by atoms with Crippen LogP contribution in [-0.4, -0.2) is 68.1 Å². The lowest BCUT2D eigenvalue weighted by atomic mass is 9.45. The number of carbonyl (C=O) groups is 1. The van der Waals surface area contributed by atoms with Crippen molar-refractivity contribution in [3.63, 3.8) is 0 Å². The highest BCUT2D eigenvalue weighted by atomic mass is 16.7. The zero-order valence-corrected chi connectivity index (χ0v) is 22.2. The number of hydrogen-bond donors (Lipinski definition) is 4. The van der Waals surface area contributed by atoms with Crippen LogP contribution in [0.4, 0.5) is 0 Å². The Labute approximate surface area is 213 Å². The van der Waals surface area contributed by atoms with Crippen LogP contribution in [0.25, 0.3) is 0 Å². The lowest BCUT2D eigenvalue weighted by Gasteiger charge is -2.60. The van der Waals surface area contributed by atoms with Gasteiger partial charge >= 0.3 is 0 Å². The van der Waals surface area contributed by atoms with Crippen LogP contribution in [0, 0.1) is 28.6 Å². The summed E-state index contributed by atoms with van der Waals surface area (Å²) < 4.78 is 13.0. The van der Waals surface area contributed by atoms with Crippen LogP contribution >= 0.6 is 0 Å². The van der Waals surface area contributed by atoms with Gasteiger partial charge in [0.15, 0.2) is 12.1 Å². The topological polar surface area (TPSA) is 116 Å². The fourth-order valence-electron chi connectivity index (χ4n) is 9.67. The number of carbonyl (C=O) groups excluding carboxylic acids is 1. The van der Waals surface area contributed by atoms with Crippen LogP contribution in [0.1, 0.15) is 79.6 Å². The van der Waals surface area contributed by atoms with Gasteiger partial charge in [-0.2, -0.15) is 0 Å². The second-order valence-electron chi connectivity index (χ2n) is 13.4. The number of ketones is 1. The number of allylic oxidation sites excluding steroid dienone is 1. The summed E-state index contributed by atoms with van der Waals surface area (Å²) in [4.78, 5) is 13.4. The summed E-state index contributed by atoms with van der Waals surface area (Å²) in [5.74, 6) is -0.337. The highest BCUT2D eigenvalue weighted by Crippen LogP contribution is 2.70. The van der Waals surface area contributed by atoms with Crippen LogP contribution in [0.15, 0.2) is 22.8 Å².